The molecule has 48 valence electrons. The van der Waals surface area contributed by atoms with Crippen LogP contribution in [0.3, 0.4) is 0 Å². The van der Waals surface area contributed by atoms with Gasteiger partial charge in [-0.1, -0.05) is 7.11 Å². The highest BCUT2D eigenvalue weighted by Gasteiger charge is 2.19. The predicted octanol–water partition coefficient (Wildman–Crippen LogP) is 0.0101. The molecule has 1 heterocycles. The van der Waals surface area contributed by atoms with Gasteiger partial charge in [0.2, 0.25) is 0 Å². The van der Waals surface area contributed by atoms with E-state index in [1.165, 1.54) is 13.0 Å². The summed E-state index contributed by atoms with van der Waals surface area (Å²) < 4.78 is 3.95. The van der Waals surface area contributed by atoms with Crippen LogP contribution in [0.25, 0.3) is 0 Å². The molecule has 1 atom stereocenters. The smallest absolute Gasteiger partial charge is 0.143 e. The molecule has 0 radical (unpaired) electrons. The summed E-state index contributed by atoms with van der Waals surface area (Å²) in [5.41, 5.74) is 0. The van der Waals surface area contributed by atoms with Gasteiger partial charge in [0.15, 0.2) is 0 Å². The first-order chi connectivity index (χ1) is 3.83. The molecule has 0 amide bonds. The predicted molar refractivity (Wildman–Crippen MR) is 33.5 cm³/mol. The average Bonchev–Trinajstić information content (AvgIpc) is 2.14. The molecule has 1 saturated heterocycles. The molecular weight excluding hydrogens is 102 g/mol. The Labute approximate surface area is 50.4 Å². The maximum Gasteiger partial charge on any atom is 0.143 e. The SMILES string of the molecule is [CH2-][OH+]C1CCN(C)C1. The molecule has 0 aromatic heterocycles. The fraction of sp³-hybridized carbons (Fsp3) is 0.833. The Morgan fingerprint density at radius 1 is 1.75 bits per heavy atom. The summed E-state index contributed by atoms with van der Waals surface area (Å²) in [6, 6.07) is 0. The Kier molecular flexibility index (Phi) is 1.86. The number of rotatable bonds is 1. The summed E-state index contributed by atoms with van der Waals surface area (Å²) in [6.45, 7) is 2.28. The monoisotopic (exact) mass is 115 g/mol. The molecule has 0 aliphatic carbocycles. The Hall–Kier alpha value is -0.0800. The lowest BCUT2D eigenvalue weighted by molar-refractivity contribution is -0.0166. The van der Waals surface area contributed by atoms with E-state index in [-0.39, 0.29) is 0 Å². The lowest BCUT2D eigenvalue weighted by Crippen LogP contribution is -2.19. The third kappa shape index (κ3) is 1.20. The molecule has 1 unspecified atom stereocenters. The van der Waals surface area contributed by atoms with Gasteiger partial charge in [-0.05, 0) is 7.05 Å². The highest BCUT2D eigenvalue weighted by atomic mass is 16.5. The normalized spacial score (nSPS) is 31.5. The van der Waals surface area contributed by atoms with Crippen molar-refractivity contribution >= 4 is 0 Å². The number of aliphatic hydroxyl groups is 2. The Balaban J connectivity index is 2.22. The zero-order valence-electron chi connectivity index (χ0n) is 5.30. The number of nitrogens with zero attached hydrogens (tertiary/aromatic N) is 1. The highest BCUT2D eigenvalue weighted by molar-refractivity contribution is 4.71. The summed E-state index contributed by atoms with van der Waals surface area (Å²) in [5, 5.41) is 0. The van der Waals surface area contributed by atoms with E-state index in [0.717, 1.165) is 6.54 Å². The van der Waals surface area contributed by atoms with Crippen LogP contribution in [-0.2, 0) is 0 Å². The molecule has 0 aromatic carbocycles. The van der Waals surface area contributed by atoms with Gasteiger partial charge < -0.3 is 4.74 Å². The van der Waals surface area contributed by atoms with Crippen molar-refractivity contribution in [2.75, 3.05) is 20.1 Å². The quantitative estimate of drug-likeness (QED) is 0.347. The zero-order chi connectivity index (χ0) is 5.98. The minimum absolute atomic E-state index is 0.514. The van der Waals surface area contributed by atoms with E-state index in [9.17, 15) is 0 Å². The lowest BCUT2D eigenvalue weighted by atomic mass is 10.3. The molecule has 0 saturated carbocycles. The van der Waals surface area contributed by atoms with E-state index in [2.05, 4.69) is 23.8 Å². The maximum absolute atomic E-state index is 3.95. The van der Waals surface area contributed by atoms with Gasteiger partial charge >= 0.3 is 0 Å². The second-order valence-electron chi connectivity index (χ2n) is 2.39. The fourth-order valence-corrected chi connectivity index (χ4v) is 1.06. The topological polar surface area (TPSA) is 16.0 Å². The summed E-state index contributed by atoms with van der Waals surface area (Å²) in [7, 11) is 5.62. The van der Waals surface area contributed by atoms with Crippen LogP contribution in [0, 0.1) is 7.11 Å². The summed E-state index contributed by atoms with van der Waals surface area (Å²) in [4.78, 5) is 2.28. The number of likely N-dealkylation sites (N-methyl/N-ethyl adjacent to an activating group) is 1. The van der Waals surface area contributed by atoms with Crippen LogP contribution in [0.15, 0.2) is 0 Å². The third-order valence-electron chi connectivity index (χ3n) is 1.62. The first kappa shape index (κ1) is 6.05. The van der Waals surface area contributed by atoms with Crippen molar-refractivity contribution in [3.05, 3.63) is 7.11 Å². The Bertz CT molecular complexity index is 74.9. The van der Waals surface area contributed by atoms with E-state index in [0.29, 0.717) is 6.10 Å². The summed E-state index contributed by atoms with van der Waals surface area (Å²) in [6.07, 6.45) is 1.71. The van der Waals surface area contributed by atoms with Crippen LogP contribution in [0.2, 0.25) is 0 Å². The average molecular weight is 115 g/mol. The fourth-order valence-electron chi connectivity index (χ4n) is 1.06. The standard InChI is InChI=1S/C6H13NO/c1-7-4-3-6(5-7)8-2/h6,8H,2-5H2,1H3. The second-order valence-corrected chi connectivity index (χ2v) is 2.39. The Morgan fingerprint density at radius 3 is 2.75 bits per heavy atom. The van der Waals surface area contributed by atoms with Crippen molar-refractivity contribution in [1.29, 1.82) is 0 Å². The molecule has 2 nitrogen and oxygen atoms in total. The van der Waals surface area contributed by atoms with Gasteiger partial charge in [0.1, 0.15) is 6.10 Å². The third-order valence-corrected chi connectivity index (χ3v) is 1.62. The van der Waals surface area contributed by atoms with Crippen molar-refractivity contribution in [1.82, 2.24) is 4.90 Å². The van der Waals surface area contributed by atoms with E-state index in [4.69, 9.17) is 0 Å². The second kappa shape index (κ2) is 2.46. The van der Waals surface area contributed by atoms with E-state index >= 15 is 0 Å². The molecule has 2 heteroatoms. The minimum atomic E-state index is 0.514. The van der Waals surface area contributed by atoms with Gasteiger partial charge in [-0.2, -0.15) is 0 Å². The molecule has 1 rings (SSSR count). The Morgan fingerprint density at radius 2 is 2.50 bits per heavy atom. The first-order valence-corrected chi connectivity index (χ1v) is 2.97. The molecule has 8 heavy (non-hydrogen) atoms. The largest absolute Gasteiger partial charge is 0.578 e. The number of hydrogen-bond acceptors (Lipinski definition) is 1. The van der Waals surface area contributed by atoms with E-state index in [1.807, 2.05) is 0 Å². The van der Waals surface area contributed by atoms with Crippen LogP contribution in [0.4, 0.5) is 0 Å². The minimum Gasteiger partial charge on any atom is -0.578 e. The zero-order valence-corrected chi connectivity index (χ0v) is 5.30. The molecule has 1 fully saturated rings. The van der Waals surface area contributed by atoms with Gasteiger partial charge in [-0.3, -0.25) is 4.90 Å². The molecule has 1 aliphatic rings. The van der Waals surface area contributed by atoms with Crippen LogP contribution in [-0.4, -0.2) is 35.9 Å². The van der Waals surface area contributed by atoms with Gasteiger partial charge in [-0.15, -0.1) is 0 Å². The molecule has 0 spiro atoms. The van der Waals surface area contributed by atoms with Crippen molar-refractivity contribution in [3.8, 4) is 0 Å². The molecule has 0 aromatic rings. The molecular formula is C6H13NO. The summed E-state index contributed by atoms with van der Waals surface area (Å²) in [5.74, 6) is 0. The number of ether oxygens (including phenoxy) is 1. The highest BCUT2D eigenvalue weighted by Crippen LogP contribution is 2.06. The van der Waals surface area contributed by atoms with Crippen LogP contribution < -0.4 is 0 Å². The maximum atomic E-state index is 3.95. The lowest BCUT2D eigenvalue weighted by Gasteiger charge is -2.08. The number of hydrogen-bond donors (Lipinski definition) is 0. The van der Waals surface area contributed by atoms with Crippen LogP contribution in [0.1, 0.15) is 6.42 Å². The molecule has 1 N–H and O–H groups in total. The van der Waals surface area contributed by atoms with Crippen molar-refractivity contribution < 1.29 is 4.74 Å². The van der Waals surface area contributed by atoms with E-state index in [1.54, 1.807) is 0 Å². The van der Waals surface area contributed by atoms with Crippen molar-refractivity contribution in [2.24, 2.45) is 0 Å². The van der Waals surface area contributed by atoms with Gasteiger partial charge in [0, 0.05) is 13.0 Å². The van der Waals surface area contributed by atoms with Crippen LogP contribution >= 0.6 is 0 Å². The number of likely N-dealkylation sites (tertiary alicyclic amines) is 1. The van der Waals surface area contributed by atoms with E-state index < -0.39 is 0 Å². The van der Waals surface area contributed by atoms with Crippen molar-refractivity contribution in [2.45, 2.75) is 12.5 Å². The van der Waals surface area contributed by atoms with Gasteiger partial charge in [0.05, 0.1) is 6.54 Å². The summed E-state index contributed by atoms with van der Waals surface area (Å²) >= 11 is 0. The van der Waals surface area contributed by atoms with Crippen molar-refractivity contribution in [3.63, 3.8) is 0 Å². The molecule has 0 bridgehead atoms. The van der Waals surface area contributed by atoms with Gasteiger partial charge in [-0.25, -0.2) is 0 Å². The van der Waals surface area contributed by atoms with Crippen LogP contribution in [0.5, 0.6) is 0 Å². The van der Waals surface area contributed by atoms with Gasteiger partial charge in [0.25, 0.3) is 0 Å². The first-order valence-electron chi connectivity index (χ1n) is 2.97. The molecule has 1 aliphatic heterocycles.